The van der Waals surface area contributed by atoms with E-state index >= 15 is 0 Å². The lowest BCUT2D eigenvalue weighted by molar-refractivity contribution is 0.0797. The molecule has 104 valence electrons. The molecule has 0 unspecified atom stereocenters. The molecule has 0 atom stereocenters. The zero-order chi connectivity index (χ0) is 13.3. The van der Waals surface area contributed by atoms with Gasteiger partial charge in [-0.25, -0.2) is 0 Å². The standard InChI is InChI=1S/C16H24N2O/c1-17-9-4-14(12-17)15(19)13-18-10-7-16(8-11-18)5-2-3-6-16/h4,9,12H,2-3,5-8,10-11,13H2,1H3. The average Bonchev–Trinajstić information content (AvgIpc) is 3.02. The van der Waals surface area contributed by atoms with Crippen LogP contribution in [0.5, 0.6) is 0 Å². The second kappa shape index (κ2) is 5.12. The molecule has 2 fully saturated rings. The minimum atomic E-state index is 0.267. The molecule has 1 spiro atoms. The zero-order valence-electron chi connectivity index (χ0n) is 11.9. The van der Waals surface area contributed by atoms with Crippen molar-refractivity contribution in [2.45, 2.75) is 38.5 Å². The van der Waals surface area contributed by atoms with Crippen LogP contribution < -0.4 is 0 Å². The Morgan fingerprint density at radius 1 is 1.21 bits per heavy atom. The fourth-order valence-electron chi connectivity index (χ4n) is 3.77. The first-order valence-corrected chi connectivity index (χ1v) is 7.54. The van der Waals surface area contributed by atoms with Crippen LogP contribution in [-0.4, -0.2) is 34.9 Å². The first-order valence-electron chi connectivity index (χ1n) is 7.54. The van der Waals surface area contributed by atoms with E-state index in [9.17, 15) is 4.79 Å². The summed E-state index contributed by atoms with van der Waals surface area (Å²) >= 11 is 0. The van der Waals surface area contributed by atoms with Crippen molar-refractivity contribution in [3.8, 4) is 0 Å². The number of rotatable bonds is 3. The van der Waals surface area contributed by atoms with Gasteiger partial charge in [-0.3, -0.25) is 9.69 Å². The van der Waals surface area contributed by atoms with E-state index < -0.39 is 0 Å². The maximum Gasteiger partial charge on any atom is 0.178 e. The molecule has 1 aromatic rings. The molecule has 1 aliphatic carbocycles. The molecule has 0 radical (unpaired) electrons. The molecule has 1 aliphatic heterocycles. The molecule has 0 amide bonds. The molecule has 3 rings (SSSR count). The number of nitrogens with zero attached hydrogens (tertiary/aromatic N) is 2. The molecule has 3 heteroatoms. The van der Waals surface area contributed by atoms with Crippen molar-refractivity contribution >= 4 is 5.78 Å². The first-order chi connectivity index (χ1) is 9.17. The number of likely N-dealkylation sites (tertiary alicyclic amines) is 1. The lowest BCUT2D eigenvalue weighted by Gasteiger charge is -2.39. The number of hydrogen-bond acceptors (Lipinski definition) is 2. The van der Waals surface area contributed by atoms with E-state index in [-0.39, 0.29) is 5.78 Å². The molecular weight excluding hydrogens is 236 g/mol. The number of ketones is 1. The Balaban J connectivity index is 1.53. The third-order valence-corrected chi connectivity index (χ3v) is 5.10. The topological polar surface area (TPSA) is 25.2 Å². The highest BCUT2D eigenvalue weighted by atomic mass is 16.1. The number of aromatic nitrogens is 1. The minimum Gasteiger partial charge on any atom is -0.357 e. The highest BCUT2D eigenvalue weighted by Crippen LogP contribution is 2.45. The van der Waals surface area contributed by atoms with Gasteiger partial charge in [0.05, 0.1) is 6.54 Å². The van der Waals surface area contributed by atoms with Gasteiger partial charge in [-0.05, 0) is 50.3 Å². The molecule has 19 heavy (non-hydrogen) atoms. The van der Waals surface area contributed by atoms with Gasteiger partial charge in [0.1, 0.15) is 0 Å². The van der Waals surface area contributed by atoms with E-state index in [0.717, 1.165) is 18.7 Å². The lowest BCUT2D eigenvalue weighted by Crippen LogP contribution is -2.41. The summed E-state index contributed by atoms with van der Waals surface area (Å²) < 4.78 is 1.94. The van der Waals surface area contributed by atoms with Gasteiger partial charge < -0.3 is 4.57 Å². The lowest BCUT2D eigenvalue weighted by atomic mass is 9.77. The third-order valence-electron chi connectivity index (χ3n) is 5.10. The van der Waals surface area contributed by atoms with Crippen LogP contribution in [0, 0.1) is 5.41 Å². The summed E-state index contributed by atoms with van der Waals surface area (Å²) in [6.07, 6.45) is 12.2. The van der Waals surface area contributed by atoms with Crippen LogP contribution in [0.3, 0.4) is 0 Å². The molecule has 0 N–H and O–H groups in total. The minimum absolute atomic E-state index is 0.267. The van der Waals surface area contributed by atoms with Crippen LogP contribution >= 0.6 is 0 Å². The van der Waals surface area contributed by atoms with Crippen LogP contribution in [0.4, 0.5) is 0 Å². The van der Waals surface area contributed by atoms with Crippen molar-refractivity contribution in [1.82, 2.24) is 9.47 Å². The van der Waals surface area contributed by atoms with Crippen LogP contribution in [0.2, 0.25) is 0 Å². The summed E-state index contributed by atoms with van der Waals surface area (Å²) in [5, 5.41) is 0. The van der Waals surface area contributed by atoms with E-state index in [2.05, 4.69) is 4.90 Å². The average molecular weight is 260 g/mol. The number of carbonyl (C=O) groups is 1. The van der Waals surface area contributed by atoms with Gasteiger partial charge in [-0.2, -0.15) is 0 Å². The zero-order valence-corrected chi connectivity index (χ0v) is 11.9. The van der Waals surface area contributed by atoms with Gasteiger partial charge in [0.2, 0.25) is 0 Å². The summed E-state index contributed by atoms with van der Waals surface area (Å²) in [7, 11) is 1.96. The Morgan fingerprint density at radius 3 is 2.47 bits per heavy atom. The van der Waals surface area contributed by atoms with Gasteiger partial charge in [0.15, 0.2) is 5.78 Å². The molecule has 2 aliphatic rings. The number of aryl methyl sites for hydroxylation is 1. The van der Waals surface area contributed by atoms with Crippen molar-refractivity contribution in [2.75, 3.05) is 19.6 Å². The number of Topliss-reactive ketones (excluding diaryl/α,β-unsaturated/α-hetero) is 1. The smallest absolute Gasteiger partial charge is 0.178 e. The van der Waals surface area contributed by atoms with Gasteiger partial charge in [-0.1, -0.05) is 12.8 Å². The molecule has 0 bridgehead atoms. The van der Waals surface area contributed by atoms with E-state index in [1.807, 2.05) is 30.1 Å². The maximum absolute atomic E-state index is 12.2. The summed E-state index contributed by atoms with van der Waals surface area (Å²) in [4.78, 5) is 14.5. The summed E-state index contributed by atoms with van der Waals surface area (Å²) in [5.41, 5.74) is 1.50. The van der Waals surface area contributed by atoms with Gasteiger partial charge >= 0.3 is 0 Å². The molecular formula is C16H24N2O. The maximum atomic E-state index is 12.2. The highest BCUT2D eigenvalue weighted by molar-refractivity contribution is 5.97. The van der Waals surface area contributed by atoms with E-state index in [1.165, 1.54) is 38.5 Å². The van der Waals surface area contributed by atoms with Crippen molar-refractivity contribution < 1.29 is 4.79 Å². The monoisotopic (exact) mass is 260 g/mol. The Morgan fingerprint density at radius 2 is 1.89 bits per heavy atom. The molecule has 1 aromatic heterocycles. The Bertz CT molecular complexity index is 447. The predicted octanol–water partition coefficient (Wildman–Crippen LogP) is 2.86. The van der Waals surface area contributed by atoms with Gasteiger partial charge in [-0.15, -0.1) is 0 Å². The first kappa shape index (κ1) is 12.9. The van der Waals surface area contributed by atoms with Gasteiger partial charge in [0, 0.05) is 25.0 Å². The van der Waals surface area contributed by atoms with Crippen molar-refractivity contribution in [2.24, 2.45) is 12.5 Å². The SMILES string of the molecule is Cn1ccc(C(=O)CN2CCC3(CCCC3)CC2)c1. The number of hydrogen-bond donors (Lipinski definition) is 0. The van der Waals surface area contributed by atoms with Crippen molar-refractivity contribution in [1.29, 1.82) is 0 Å². The van der Waals surface area contributed by atoms with Crippen LogP contribution in [-0.2, 0) is 7.05 Å². The molecule has 3 nitrogen and oxygen atoms in total. The highest BCUT2D eigenvalue weighted by Gasteiger charge is 2.37. The quantitative estimate of drug-likeness (QED) is 0.781. The summed E-state index contributed by atoms with van der Waals surface area (Å²) in [6, 6.07) is 1.92. The van der Waals surface area contributed by atoms with E-state index in [0.29, 0.717) is 12.0 Å². The molecule has 1 saturated carbocycles. The van der Waals surface area contributed by atoms with Gasteiger partial charge in [0.25, 0.3) is 0 Å². The van der Waals surface area contributed by atoms with E-state index in [4.69, 9.17) is 0 Å². The van der Waals surface area contributed by atoms with Crippen LogP contribution in [0.1, 0.15) is 48.9 Å². The largest absolute Gasteiger partial charge is 0.357 e. The number of piperidine rings is 1. The summed E-state index contributed by atoms with van der Waals surface area (Å²) in [5.74, 6) is 0.267. The summed E-state index contributed by atoms with van der Waals surface area (Å²) in [6.45, 7) is 2.82. The number of carbonyl (C=O) groups excluding carboxylic acids is 1. The predicted molar refractivity (Wildman–Crippen MR) is 76.3 cm³/mol. The van der Waals surface area contributed by atoms with Crippen molar-refractivity contribution in [3.05, 3.63) is 24.0 Å². The normalized spacial score (nSPS) is 23.0. The third kappa shape index (κ3) is 2.76. The Kier molecular flexibility index (Phi) is 3.48. The Hall–Kier alpha value is -1.09. The fourth-order valence-corrected chi connectivity index (χ4v) is 3.77. The van der Waals surface area contributed by atoms with Crippen molar-refractivity contribution in [3.63, 3.8) is 0 Å². The molecule has 0 aromatic carbocycles. The van der Waals surface area contributed by atoms with E-state index in [1.54, 1.807) is 0 Å². The molecule has 1 saturated heterocycles. The molecule has 2 heterocycles. The van der Waals surface area contributed by atoms with Crippen LogP contribution in [0.15, 0.2) is 18.5 Å². The van der Waals surface area contributed by atoms with Crippen LogP contribution in [0.25, 0.3) is 0 Å². The fraction of sp³-hybridized carbons (Fsp3) is 0.688. The second-order valence-corrected chi connectivity index (χ2v) is 6.47. The second-order valence-electron chi connectivity index (χ2n) is 6.47. The Labute approximate surface area is 115 Å².